The van der Waals surface area contributed by atoms with Crippen LogP contribution in [0.25, 0.3) is 15.3 Å². The lowest BCUT2D eigenvalue weighted by Gasteiger charge is -2.09. The lowest BCUT2D eigenvalue weighted by atomic mass is 10.2. The lowest BCUT2D eigenvalue weighted by molar-refractivity contribution is -0.118. The first-order valence-corrected chi connectivity index (χ1v) is 10.3. The number of hydrogen-bond donors (Lipinski definition) is 1. The van der Waals surface area contributed by atoms with Crippen molar-refractivity contribution in [2.24, 2.45) is 0 Å². The molecule has 1 amide bonds. The fourth-order valence-corrected chi connectivity index (χ4v) is 4.22. The van der Waals surface area contributed by atoms with Gasteiger partial charge in [0.05, 0.1) is 28.0 Å². The molecule has 0 saturated heterocycles. The number of halogens is 1. The van der Waals surface area contributed by atoms with E-state index >= 15 is 0 Å². The number of ether oxygens (including phenoxy) is 2. The van der Waals surface area contributed by atoms with Crippen molar-refractivity contribution in [2.45, 2.75) is 13.8 Å². The van der Waals surface area contributed by atoms with Crippen LogP contribution in [0.1, 0.15) is 11.3 Å². The van der Waals surface area contributed by atoms with E-state index in [9.17, 15) is 4.79 Å². The lowest BCUT2D eigenvalue weighted by Crippen LogP contribution is -2.21. The van der Waals surface area contributed by atoms with Gasteiger partial charge in [-0.1, -0.05) is 35.1 Å². The molecule has 0 radical (unpaired) electrons. The molecule has 0 unspecified atom stereocenters. The molecular weight excluding hydrogens is 424 g/mol. The zero-order chi connectivity index (χ0) is 21.3. The number of methoxy groups -OCH3 is 1. The summed E-state index contributed by atoms with van der Waals surface area (Å²) in [5.41, 5.74) is 2.61. The Morgan fingerprint density at radius 2 is 2.00 bits per heavy atom. The fourth-order valence-electron chi connectivity index (χ4n) is 2.93. The minimum absolute atomic E-state index is 0.151. The van der Waals surface area contributed by atoms with Crippen molar-refractivity contribution in [3.8, 4) is 16.6 Å². The van der Waals surface area contributed by atoms with Gasteiger partial charge in [0, 0.05) is 12.1 Å². The maximum atomic E-state index is 12.5. The van der Waals surface area contributed by atoms with Crippen LogP contribution in [0.15, 0.2) is 42.5 Å². The third-order valence-corrected chi connectivity index (χ3v) is 5.87. The maximum absolute atomic E-state index is 12.5. The molecule has 4 aromatic rings. The summed E-state index contributed by atoms with van der Waals surface area (Å²) >= 11 is 7.75. The van der Waals surface area contributed by atoms with Gasteiger partial charge in [-0.25, -0.2) is 4.98 Å². The van der Waals surface area contributed by atoms with E-state index in [2.05, 4.69) is 15.4 Å². The summed E-state index contributed by atoms with van der Waals surface area (Å²) < 4.78 is 13.2. The number of nitrogens with one attached hydrogen (secondary N) is 1. The molecule has 7 nitrogen and oxygen atoms in total. The average Bonchev–Trinajstić information content (AvgIpc) is 3.34. The normalized spacial score (nSPS) is 10.9. The Bertz CT molecular complexity index is 1200. The number of aryl methyl sites for hydroxylation is 2. The summed E-state index contributed by atoms with van der Waals surface area (Å²) in [6, 6.07) is 12.6. The number of aromatic nitrogens is 3. The Morgan fingerprint density at radius 1 is 1.20 bits per heavy atom. The van der Waals surface area contributed by atoms with E-state index in [0.29, 0.717) is 27.5 Å². The number of benzene rings is 2. The number of anilines is 1. The summed E-state index contributed by atoms with van der Waals surface area (Å²) in [6.45, 7) is 3.68. The monoisotopic (exact) mass is 442 g/mol. The SMILES string of the molecule is COc1cccc(OCC(=O)Nc2cc(C)nn2-c2nc3c(C)ccc(Cl)c3s2)c1. The molecule has 2 heterocycles. The molecule has 154 valence electrons. The number of hydrogen-bond acceptors (Lipinski definition) is 6. The van der Waals surface area contributed by atoms with Crippen LogP contribution < -0.4 is 14.8 Å². The highest BCUT2D eigenvalue weighted by Gasteiger charge is 2.17. The molecule has 0 aliphatic carbocycles. The second kappa shape index (κ2) is 8.33. The minimum atomic E-state index is -0.311. The van der Waals surface area contributed by atoms with Gasteiger partial charge in [0.1, 0.15) is 17.3 Å². The molecular formula is C21H19ClN4O3S. The molecule has 0 spiro atoms. The highest BCUT2D eigenvalue weighted by atomic mass is 35.5. The minimum Gasteiger partial charge on any atom is -0.497 e. The number of thiazole rings is 1. The highest BCUT2D eigenvalue weighted by Crippen LogP contribution is 2.34. The Labute approximate surface area is 182 Å². The second-order valence-electron chi connectivity index (χ2n) is 6.64. The van der Waals surface area contributed by atoms with E-state index in [1.807, 2.05) is 26.0 Å². The third-order valence-electron chi connectivity index (χ3n) is 4.38. The molecule has 0 aliphatic heterocycles. The average molecular weight is 443 g/mol. The zero-order valence-corrected chi connectivity index (χ0v) is 18.2. The van der Waals surface area contributed by atoms with Crippen molar-refractivity contribution in [3.05, 3.63) is 58.7 Å². The molecule has 1 N–H and O–H groups in total. The first kappa shape index (κ1) is 20.2. The topological polar surface area (TPSA) is 78.3 Å². The van der Waals surface area contributed by atoms with E-state index in [0.717, 1.165) is 21.5 Å². The van der Waals surface area contributed by atoms with Crippen molar-refractivity contribution in [1.82, 2.24) is 14.8 Å². The summed E-state index contributed by atoms with van der Waals surface area (Å²) in [4.78, 5) is 17.1. The predicted molar refractivity (Wildman–Crippen MR) is 118 cm³/mol. The number of amides is 1. The van der Waals surface area contributed by atoms with Crippen molar-refractivity contribution in [3.63, 3.8) is 0 Å². The van der Waals surface area contributed by atoms with E-state index in [4.69, 9.17) is 21.1 Å². The van der Waals surface area contributed by atoms with Crippen molar-refractivity contribution < 1.29 is 14.3 Å². The quantitative estimate of drug-likeness (QED) is 0.465. The Kier molecular flexibility index (Phi) is 5.61. The van der Waals surface area contributed by atoms with Gasteiger partial charge >= 0.3 is 0 Å². The molecule has 9 heteroatoms. The molecule has 0 fully saturated rings. The molecule has 2 aromatic heterocycles. The van der Waals surface area contributed by atoms with Crippen LogP contribution in [0.3, 0.4) is 0 Å². The van der Waals surface area contributed by atoms with Crippen molar-refractivity contribution in [2.75, 3.05) is 19.0 Å². The van der Waals surface area contributed by atoms with Gasteiger partial charge in [0.2, 0.25) is 5.13 Å². The Morgan fingerprint density at radius 3 is 2.77 bits per heavy atom. The summed E-state index contributed by atoms with van der Waals surface area (Å²) in [6.07, 6.45) is 0. The van der Waals surface area contributed by atoms with Crippen LogP contribution in [-0.4, -0.2) is 34.4 Å². The molecule has 0 bridgehead atoms. The number of nitrogens with zero attached hydrogens (tertiary/aromatic N) is 3. The first-order valence-electron chi connectivity index (χ1n) is 9.14. The Hall–Kier alpha value is -3.10. The summed E-state index contributed by atoms with van der Waals surface area (Å²) in [7, 11) is 1.58. The second-order valence-corrected chi connectivity index (χ2v) is 8.02. The number of carbonyl (C=O) groups is 1. The van der Waals surface area contributed by atoms with Crippen molar-refractivity contribution in [1.29, 1.82) is 0 Å². The smallest absolute Gasteiger partial charge is 0.263 e. The van der Waals surface area contributed by atoms with Gasteiger partial charge in [-0.05, 0) is 37.6 Å². The van der Waals surface area contributed by atoms with E-state index in [1.165, 1.54) is 11.3 Å². The summed E-state index contributed by atoms with van der Waals surface area (Å²) in [5, 5.41) is 8.58. The van der Waals surface area contributed by atoms with Crippen LogP contribution in [0.4, 0.5) is 5.82 Å². The van der Waals surface area contributed by atoms with Crippen LogP contribution in [0.5, 0.6) is 11.5 Å². The van der Waals surface area contributed by atoms with Gasteiger partial charge in [0.25, 0.3) is 5.91 Å². The molecule has 0 atom stereocenters. The van der Waals surface area contributed by atoms with Crippen LogP contribution in [0, 0.1) is 13.8 Å². The molecule has 2 aromatic carbocycles. The molecule has 4 rings (SSSR count). The van der Waals surface area contributed by atoms with Crippen LogP contribution in [0.2, 0.25) is 5.02 Å². The van der Waals surface area contributed by atoms with Gasteiger partial charge in [-0.3, -0.25) is 4.79 Å². The zero-order valence-electron chi connectivity index (χ0n) is 16.6. The van der Waals surface area contributed by atoms with E-state index in [1.54, 1.807) is 42.1 Å². The maximum Gasteiger partial charge on any atom is 0.263 e. The van der Waals surface area contributed by atoms with E-state index < -0.39 is 0 Å². The standard InChI is InChI=1S/C21H19ClN4O3S/c1-12-7-8-16(22)20-19(12)24-21(30-20)26-17(9-13(2)25-26)23-18(27)11-29-15-6-4-5-14(10-15)28-3/h4-10H,11H2,1-3H3,(H,23,27). The first-order chi connectivity index (χ1) is 14.4. The fraction of sp³-hybridized carbons (Fsp3) is 0.190. The number of fused-ring (bicyclic) bond motifs is 1. The number of carbonyl (C=O) groups excluding carboxylic acids is 1. The van der Waals surface area contributed by atoms with Crippen LogP contribution >= 0.6 is 22.9 Å². The molecule has 0 saturated carbocycles. The van der Waals surface area contributed by atoms with Gasteiger partial charge in [-0.15, -0.1) is 0 Å². The molecule has 0 aliphatic rings. The van der Waals surface area contributed by atoms with Gasteiger partial charge < -0.3 is 14.8 Å². The summed E-state index contributed by atoms with van der Waals surface area (Å²) in [5.74, 6) is 1.41. The Balaban J connectivity index is 1.54. The largest absolute Gasteiger partial charge is 0.497 e. The predicted octanol–water partition coefficient (Wildman–Crippen LogP) is 4.78. The van der Waals surface area contributed by atoms with Crippen molar-refractivity contribution >= 4 is 44.9 Å². The van der Waals surface area contributed by atoms with Crippen LogP contribution in [-0.2, 0) is 4.79 Å². The molecule has 30 heavy (non-hydrogen) atoms. The van der Waals surface area contributed by atoms with Gasteiger partial charge in [0.15, 0.2) is 6.61 Å². The third kappa shape index (κ3) is 4.10. The van der Waals surface area contributed by atoms with Gasteiger partial charge in [-0.2, -0.15) is 9.78 Å². The number of rotatable bonds is 6. The van der Waals surface area contributed by atoms with E-state index in [-0.39, 0.29) is 12.5 Å². The highest BCUT2D eigenvalue weighted by molar-refractivity contribution is 7.21.